The van der Waals surface area contributed by atoms with Gasteiger partial charge in [-0.05, 0) is 0 Å². The van der Waals surface area contributed by atoms with E-state index in [1.165, 1.54) is 0 Å². The summed E-state index contributed by atoms with van der Waals surface area (Å²) in [4.78, 5) is 0. The van der Waals surface area contributed by atoms with Crippen LogP contribution < -0.4 is 103 Å². The molecule has 176 valence electrons. The minimum absolute atomic E-state index is 0. The van der Waals surface area contributed by atoms with Crippen molar-refractivity contribution in [2.75, 3.05) is 0 Å². The molecule has 0 aliphatic rings. The second kappa shape index (κ2) is 40.7. The van der Waals surface area contributed by atoms with Crippen molar-refractivity contribution < 1.29 is 201 Å². The molecule has 0 bridgehead atoms. The van der Waals surface area contributed by atoms with Gasteiger partial charge in [-0.3, -0.25) is 42.1 Å². The van der Waals surface area contributed by atoms with Crippen LogP contribution in [0.2, 0.25) is 0 Å². The fourth-order valence-electron chi connectivity index (χ4n) is 0. The maximum atomic E-state index is 8.52. The van der Waals surface area contributed by atoms with Gasteiger partial charge in [-0.15, -0.1) is 0 Å². The molecule has 0 unspecified atom stereocenters. The van der Waals surface area contributed by atoms with Gasteiger partial charge in [-0.25, -0.2) is 0 Å². The third-order valence-corrected chi connectivity index (χ3v) is 0. The van der Waals surface area contributed by atoms with Gasteiger partial charge in [-0.1, -0.05) is 0 Å². The Labute approximate surface area is 365 Å². The molecule has 0 aromatic rings. The van der Waals surface area contributed by atoms with Crippen LogP contribution in [0.4, 0.5) is 0 Å². The second-order valence-corrected chi connectivity index (χ2v) is 6.12. The van der Waals surface area contributed by atoms with E-state index in [1.807, 2.05) is 0 Å². The molecule has 22 nitrogen and oxygen atoms in total. The summed E-state index contributed by atoms with van der Waals surface area (Å²) in [6.45, 7) is 0. The molecule has 33 heteroatoms. The Balaban J connectivity index is -0.0000000130. The van der Waals surface area contributed by atoms with Crippen LogP contribution in [0.25, 0.3) is 0 Å². The van der Waals surface area contributed by atoms with Crippen LogP contribution in [0.1, 0.15) is 0 Å². The zero-order chi connectivity index (χ0) is 22.5. The normalized spacial score (nSPS) is 8.79. The maximum absolute atomic E-state index is 8.52. The molecule has 0 radical (unpaired) electrons. The van der Waals surface area contributed by atoms with E-state index < -0.39 is 52.0 Å². The van der Waals surface area contributed by atoms with Crippen molar-refractivity contribution in [3.8, 4) is 0 Å². The maximum Gasteiger partial charge on any atom is 2.00 e. The first kappa shape index (κ1) is 83.4. The van der Waals surface area contributed by atoms with Crippen LogP contribution in [0.5, 0.6) is 0 Å². The second-order valence-electron chi connectivity index (χ2n) is 2.04. The SMILES string of the molecule is O.O.O=S(=O)([O-])[O-].O=S(=O)([O-])[O-].O=S(=O)([O-])[O-].O=S(=O)([O-])[O-].O=S(=O)([O-])[O-].[Ca+2].[Ca+2].[K+].[K+].[Mg+2].[Mg+2]. The molecule has 0 aromatic heterocycles. The quantitative estimate of drug-likeness (QED) is 0.127. The summed E-state index contributed by atoms with van der Waals surface area (Å²) in [5.41, 5.74) is 0. The molecule has 0 spiro atoms. The molecular weight excluding hydrogens is 719 g/mol. The molecule has 33 heavy (non-hydrogen) atoms. The summed E-state index contributed by atoms with van der Waals surface area (Å²) >= 11 is 0. The average Bonchev–Trinajstić information content (AvgIpc) is 1.79. The molecule has 0 saturated heterocycles. The van der Waals surface area contributed by atoms with E-state index in [9.17, 15) is 0 Å². The zero-order valence-electron chi connectivity index (χ0n) is 16.0. The first-order chi connectivity index (χ1) is 10.0. The van der Waals surface area contributed by atoms with Crippen LogP contribution in [0.15, 0.2) is 0 Å². The third-order valence-electron chi connectivity index (χ3n) is 0. The summed E-state index contributed by atoms with van der Waals surface area (Å²) in [6, 6.07) is 0. The van der Waals surface area contributed by atoms with E-state index in [0.717, 1.165) is 0 Å². The van der Waals surface area contributed by atoms with Gasteiger partial charge in [-0.2, -0.15) is 0 Å². The average molecular weight is 723 g/mol. The van der Waals surface area contributed by atoms with Crippen molar-refractivity contribution in [2.24, 2.45) is 0 Å². The largest absolute Gasteiger partial charge is 2.00 e. The van der Waals surface area contributed by atoms with Gasteiger partial charge in [0.25, 0.3) is 0 Å². The minimum atomic E-state index is -5.17. The van der Waals surface area contributed by atoms with Gasteiger partial charge >= 0.3 is 224 Å². The van der Waals surface area contributed by atoms with Gasteiger partial charge < -0.3 is 56.5 Å². The van der Waals surface area contributed by atoms with Gasteiger partial charge in [0.15, 0.2) is 0 Å². The molecule has 4 N–H and O–H groups in total. The van der Waals surface area contributed by atoms with Gasteiger partial charge in [0.2, 0.25) is 0 Å². The topological polar surface area (TPSA) is 464 Å². The Kier molecular flexibility index (Phi) is 103. The zero-order valence-corrected chi connectivity index (χ0v) is 33.6. The smallest absolute Gasteiger partial charge is 0.759 e. The number of hydrogen-bond donors (Lipinski definition) is 0. The summed E-state index contributed by atoms with van der Waals surface area (Å²) in [5.74, 6) is 0. The Morgan fingerprint density at radius 2 is 0.303 bits per heavy atom. The van der Waals surface area contributed by atoms with Crippen molar-refractivity contribution >= 4 is 174 Å². The van der Waals surface area contributed by atoms with Crippen molar-refractivity contribution in [1.82, 2.24) is 0 Å². The molecule has 0 fully saturated rings. The van der Waals surface area contributed by atoms with Crippen molar-refractivity contribution in [3.05, 3.63) is 0 Å². The van der Waals surface area contributed by atoms with E-state index in [2.05, 4.69) is 0 Å². The summed E-state index contributed by atoms with van der Waals surface area (Å²) in [5, 5.41) is 0. The molecule has 0 rings (SSSR count). The standard InChI is InChI=1S/2Ca.2K.2Mg.5H2O4S.2H2O/c;;;;;;5*1-5(2,3)4;;/h;;;;;;5*(H2,1,2,3,4);2*1H2/q2*+2;2*+1;2*+2;;;;;;;/p-10. The minimum Gasteiger partial charge on any atom is -0.759 e. The predicted octanol–water partition coefficient (Wildman–Crippen LogP) is -15.9. The van der Waals surface area contributed by atoms with Crippen LogP contribution in [0.3, 0.4) is 0 Å². The first-order valence-electron chi connectivity index (χ1n) is 3.33. The van der Waals surface area contributed by atoms with Crippen molar-refractivity contribution in [3.63, 3.8) is 0 Å². The monoisotopic (exact) mass is 722 g/mol. The van der Waals surface area contributed by atoms with Crippen LogP contribution in [-0.2, 0) is 52.0 Å². The Morgan fingerprint density at radius 1 is 0.303 bits per heavy atom. The summed E-state index contributed by atoms with van der Waals surface area (Å²) in [7, 11) is -25.8. The fourth-order valence-corrected chi connectivity index (χ4v) is 0. The molecular formula is H4Ca2K2Mg2O22S5. The van der Waals surface area contributed by atoms with Crippen molar-refractivity contribution in [2.45, 2.75) is 0 Å². The van der Waals surface area contributed by atoms with E-state index >= 15 is 0 Å². The molecule has 0 aliphatic heterocycles. The van der Waals surface area contributed by atoms with Crippen molar-refractivity contribution in [1.29, 1.82) is 0 Å². The Bertz CT molecular complexity index is 641. The fraction of sp³-hybridized carbons (Fsp3) is 0. The number of hydrogen-bond acceptors (Lipinski definition) is 20. The molecule has 0 amide bonds. The Morgan fingerprint density at radius 3 is 0.303 bits per heavy atom. The molecule has 0 atom stereocenters. The third kappa shape index (κ3) is 1190. The molecule has 0 saturated carbocycles. The summed E-state index contributed by atoms with van der Waals surface area (Å²) < 4.78 is 170. The van der Waals surface area contributed by atoms with Gasteiger partial charge in [0, 0.05) is 52.0 Å². The van der Waals surface area contributed by atoms with E-state index in [0.29, 0.717) is 0 Å². The number of rotatable bonds is 0. The van der Waals surface area contributed by atoms with E-state index in [1.54, 1.807) is 0 Å². The van der Waals surface area contributed by atoms with Crippen LogP contribution in [0, 0.1) is 0 Å². The van der Waals surface area contributed by atoms with E-state index in [4.69, 9.17) is 87.6 Å². The Hall–Kier alpha value is 6.59. The van der Waals surface area contributed by atoms with Gasteiger partial charge in [0.05, 0.1) is 0 Å². The molecule has 0 aliphatic carbocycles. The first-order valence-corrected chi connectivity index (χ1v) is 10.0. The molecule has 0 aromatic carbocycles. The van der Waals surface area contributed by atoms with E-state index in [-0.39, 0.29) is 235 Å². The van der Waals surface area contributed by atoms with Crippen LogP contribution >= 0.6 is 0 Å². The molecule has 0 heterocycles. The summed E-state index contributed by atoms with van der Waals surface area (Å²) in [6.07, 6.45) is 0. The predicted molar refractivity (Wildman–Crippen MR) is 82.6 cm³/mol. The van der Waals surface area contributed by atoms with Gasteiger partial charge in [0.1, 0.15) is 0 Å². The van der Waals surface area contributed by atoms with Crippen LogP contribution in [-0.4, -0.2) is 220 Å².